The average Bonchev–Trinajstić information content (AvgIpc) is 2.89. The molecule has 3 rings (SSSR count). The van der Waals surface area contributed by atoms with Gasteiger partial charge >= 0.3 is 10.2 Å². The molecule has 2 heterocycles. The zero-order valence-electron chi connectivity index (χ0n) is 12.6. The van der Waals surface area contributed by atoms with E-state index in [1.165, 1.54) is 6.07 Å². The van der Waals surface area contributed by atoms with Gasteiger partial charge in [-0.15, -0.1) is 0 Å². The van der Waals surface area contributed by atoms with Crippen LogP contribution < -0.4 is 19.2 Å². The number of fused-ring (bicyclic) bond motifs is 1. The van der Waals surface area contributed by atoms with Crippen LogP contribution in [0.25, 0.3) is 0 Å². The number of amides is 1. The number of nitrogens with zero attached hydrogens (tertiary/aromatic N) is 2. The maximum Gasteiger partial charge on any atom is 0.326 e. The van der Waals surface area contributed by atoms with Crippen LogP contribution in [0.3, 0.4) is 0 Å². The van der Waals surface area contributed by atoms with E-state index in [1.54, 1.807) is 18.8 Å². The minimum absolute atomic E-state index is 0.00547. The molecule has 8 nitrogen and oxygen atoms in total. The molecular formula is C13H17FN4O4S. The van der Waals surface area contributed by atoms with E-state index in [4.69, 9.17) is 0 Å². The fourth-order valence-corrected chi connectivity index (χ4v) is 4.22. The highest BCUT2D eigenvalue weighted by molar-refractivity contribution is 7.92. The number of likely N-dealkylation sites (N-methyl/N-ethyl adjacent to an activating group) is 2. The van der Waals surface area contributed by atoms with Crippen molar-refractivity contribution in [2.45, 2.75) is 12.5 Å². The first-order valence-electron chi connectivity index (χ1n) is 7.01. The number of aromatic hydroxyl groups is 1. The minimum Gasteiger partial charge on any atom is -0.506 e. The Morgan fingerprint density at radius 2 is 2.22 bits per heavy atom. The van der Waals surface area contributed by atoms with E-state index in [0.717, 1.165) is 0 Å². The Hall–Kier alpha value is -2.07. The lowest BCUT2D eigenvalue weighted by Crippen LogP contribution is -2.36. The molecule has 126 valence electrons. The normalized spacial score (nSPS) is 22.4. The second-order valence-corrected chi connectivity index (χ2v) is 7.21. The summed E-state index contributed by atoms with van der Waals surface area (Å²) in [4.78, 5) is 13.2. The highest BCUT2D eigenvalue weighted by Gasteiger charge is 2.40. The van der Waals surface area contributed by atoms with Gasteiger partial charge in [0.05, 0.1) is 0 Å². The third-order valence-electron chi connectivity index (χ3n) is 4.17. The summed E-state index contributed by atoms with van der Waals surface area (Å²) in [6.07, 6.45) is 0.376. The van der Waals surface area contributed by atoms with Crippen molar-refractivity contribution in [3.8, 4) is 5.75 Å². The van der Waals surface area contributed by atoms with E-state index in [9.17, 15) is 22.7 Å². The van der Waals surface area contributed by atoms with E-state index in [0.29, 0.717) is 28.5 Å². The first kappa shape index (κ1) is 15.8. The first-order valence-corrected chi connectivity index (χ1v) is 8.45. The number of carbonyl (C=O) groups excluding carboxylic acids is 1. The summed E-state index contributed by atoms with van der Waals surface area (Å²) in [5, 5.41) is 13.2. The van der Waals surface area contributed by atoms with Crippen LogP contribution in [0.15, 0.2) is 6.07 Å². The lowest BCUT2D eigenvalue weighted by Gasteiger charge is -2.23. The van der Waals surface area contributed by atoms with Gasteiger partial charge in [-0.2, -0.15) is 8.42 Å². The number of phenols is 1. The number of halogens is 1. The number of phenolic OH excluding ortho intramolecular Hbond substituents is 1. The molecule has 1 aromatic rings. The molecule has 0 aliphatic carbocycles. The smallest absolute Gasteiger partial charge is 0.326 e. The van der Waals surface area contributed by atoms with Crippen molar-refractivity contribution < 1.29 is 22.7 Å². The molecule has 0 radical (unpaired) electrons. The molecule has 0 saturated carbocycles. The standard InChI is InChI=1S/C13H17FN4O4S/c1-15-5-7-3-8-9(17(7)2)4-10(19)13(12(8)14)18-6-11(20)16-23(18,21)22/h4,7,15,19H,3,5-6H2,1-2H3,(H,16,20). The Bertz CT molecular complexity index is 783. The van der Waals surface area contributed by atoms with Crippen LogP contribution >= 0.6 is 0 Å². The maximum atomic E-state index is 14.9. The Morgan fingerprint density at radius 1 is 1.52 bits per heavy atom. The third kappa shape index (κ3) is 2.38. The van der Waals surface area contributed by atoms with Crippen molar-refractivity contribution in [2.24, 2.45) is 0 Å². The first-order chi connectivity index (χ1) is 10.8. The molecule has 1 aromatic carbocycles. The SMILES string of the molecule is CNCC1Cc2c(cc(O)c(N3CC(=O)NS3(=O)=O)c2F)N1C. The molecule has 0 bridgehead atoms. The fourth-order valence-electron chi connectivity index (χ4n) is 3.06. The van der Waals surface area contributed by atoms with Gasteiger partial charge < -0.3 is 15.3 Å². The number of anilines is 2. The summed E-state index contributed by atoms with van der Waals surface area (Å²) < 4.78 is 41.0. The molecule has 10 heteroatoms. The monoisotopic (exact) mass is 344 g/mol. The summed E-state index contributed by atoms with van der Waals surface area (Å²) in [5.41, 5.74) is 0.357. The number of nitrogens with one attached hydrogen (secondary N) is 2. The average molecular weight is 344 g/mol. The molecule has 1 saturated heterocycles. The molecule has 2 aliphatic rings. The van der Waals surface area contributed by atoms with Gasteiger partial charge in [0.15, 0.2) is 5.82 Å². The summed E-state index contributed by atoms with van der Waals surface area (Å²) in [6, 6.07) is 1.33. The predicted molar refractivity (Wildman–Crippen MR) is 82.3 cm³/mol. The van der Waals surface area contributed by atoms with Crippen molar-refractivity contribution in [1.82, 2.24) is 10.0 Å². The lowest BCUT2D eigenvalue weighted by atomic mass is 10.1. The molecule has 1 atom stereocenters. The molecule has 3 N–H and O–H groups in total. The largest absolute Gasteiger partial charge is 0.506 e. The van der Waals surface area contributed by atoms with Gasteiger partial charge in [0, 0.05) is 37.0 Å². The minimum atomic E-state index is -4.18. The molecule has 0 spiro atoms. The second-order valence-electron chi connectivity index (χ2n) is 5.62. The van der Waals surface area contributed by atoms with Gasteiger partial charge in [-0.25, -0.2) is 13.4 Å². The molecule has 2 aliphatic heterocycles. The fraction of sp³-hybridized carbons (Fsp3) is 0.462. The van der Waals surface area contributed by atoms with E-state index in [1.807, 2.05) is 4.90 Å². The summed E-state index contributed by atoms with van der Waals surface area (Å²) >= 11 is 0. The molecular weight excluding hydrogens is 327 g/mol. The quantitative estimate of drug-likeness (QED) is 0.670. The Kier molecular flexibility index (Phi) is 3.60. The van der Waals surface area contributed by atoms with Crippen molar-refractivity contribution >= 4 is 27.5 Å². The lowest BCUT2D eigenvalue weighted by molar-refractivity contribution is -0.117. The van der Waals surface area contributed by atoms with Crippen molar-refractivity contribution in [3.63, 3.8) is 0 Å². The van der Waals surface area contributed by atoms with Crippen LogP contribution in [0, 0.1) is 5.82 Å². The van der Waals surface area contributed by atoms with E-state index < -0.39 is 39.9 Å². The number of hydrogen-bond donors (Lipinski definition) is 3. The molecule has 1 amide bonds. The van der Waals surface area contributed by atoms with Gasteiger partial charge in [-0.05, 0) is 13.5 Å². The second kappa shape index (κ2) is 5.24. The zero-order chi connectivity index (χ0) is 16.9. The van der Waals surface area contributed by atoms with Crippen molar-refractivity contribution in [2.75, 3.05) is 36.4 Å². The molecule has 23 heavy (non-hydrogen) atoms. The summed E-state index contributed by atoms with van der Waals surface area (Å²) in [5.74, 6) is -2.10. The summed E-state index contributed by atoms with van der Waals surface area (Å²) in [6.45, 7) is 0.0597. The van der Waals surface area contributed by atoms with Gasteiger partial charge in [0.2, 0.25) is 0 Å². The van der Waals surface area contributed by atoms with Crippen molar-refractivity contribution in [1.29, 1.82) is 0 Å². The number of rotatable bonds is 3. The Morgan fingerprint density at radius 3 is 2.78 bits per heavy atom. The summed E-state index contributed by atoms with van der Waals surface area (Å²) in [7, 11) is -0.617. The third-order valence-corrected chi connectivity index (χ3v) is 5.55. The van der Waals surface area contributed by atoms with Crippen LogP contribution in [0.1, 0.15) is 5.56 Å². The van der Waals surface area contributed by atoms with E-state index in [2.05, 4.69) is 5.32 Å². The van der Waals surface area contributed by atoms with Crippen LogP contribution in [0.5, 0.6) is 5.75 Å². The zero-order valence-corrected chi connectivity index (χ0v) is 13.4. The maximum absolute atomic E-state index is 14.9. The Labute approximate surface area is 133 Å². The number of hydrogen-bond acceptors (Lipinski definition) is 6. The Balaban J connectivity index is 2.10. The van der Waals surface area contributed by atoms with Crippen LogP contribution in [0.4, 0.5) is 15.8 Å². The van der Waals surface area contributed by atoms with E-state index >= 15 is 0 Å². The van der Waals surface area contributed by atoms with Crippen LogP contribution in [0.2, 0.25) is 0 Å². The molecule has 0 aromatic heterocycles. The highest BCUT2D eigenvalue weighted by Crippen LogP contribution is 2.43. The van der Waals surface area contributed by atoms with Gasteiger partial charge in [0.25, 0.3) is 5.91 Å². The van der Waals surface area contributed by atoms with E-state index in [-0.39, 0.29) is 6.04 Å². The molecule has 1 unspecified atom stereocenters. The molecule has 1 fully saturated rings. The van der Waals surface area contributed by atoms with Gasteiger partial charge in [-0.3, -0.25) is 4.79 Å². The number of carbonyl (C=O) groups is 1. The predicted octanol–water partition coefficient (Wildman–Crippen LogP) is -0.707. The highest BCUT2D eigenvalue weighted by atomic mass is 32.2. The van der Waals surface area contributed by atoms with Crippen LogP contribution in [-0.4, -0.2) is 52.7 Å². The van der Waals surface area contributed by atoms with Crippen molar-refractivity contribution in [3.05, 3.63) is 17.4 Å². The van der Waals surface area contributed by atoms with Gasteiger partial charge in [-0.1, -0.05) is 0 Å². The van der Waals surface area contributed by atoms with Crippen LogP contribution in [-0.2, 0) is 21.4 Å². The number of benzene rings is 1. The van der Waals surface area contributed by atoms with Gasteiger partial charge in [0.1, 0.15) is 18.0 Å². The topological polar surface area (TPSA) is 102 Å².